The summed E-state index contributed by atoms with van der Waals surface area (Å²) >= 11 is 0. The van der Waals surface area contributed by atoms with Gasteiger partial charge in [-0.1, -0.05) is 95.9 Å². The minimum atomic E-state index is -1.98. The summed E-state index contributed by atoms with van der Waals surface area (Å²) in [7, 11) is -7.68. The third-order valence-corrected chi connectivity index (χ3v) is 15.4. The Labute approximate surface area is 209 Å². The molecule has 2 aromatic rings. The zero-order chi connectivity index (χ0) is 26.3. The van der Waals surface area contributed by atoms with Gasteiger partial charge in [0.2, 0.25) is 0 Å². The van der Waals surface area contributed by atoms with Crippen LogP contribution in [0.5, 0.6) is 0 Å². The average Bonchev–Trinajstić information content (AvgIpc) is 2.62. The van der Waals surface area contributed by atoms with Crippen LogP contribution in [-0.4, -0.2) is 43.9 Å². The number of hydrogen-bond donors (Lipinski definition) is 2. The second-order valence-electron chi connectivity index (χ2n) is 13.9. The molecule has 4 nitrogen and oxygen atoms in total. The highest BCUT2D eigenvalue weighted by atomic mass is 28.3. The number of rotatable bonds is 4. The molecule has 34 heavy (non-hydrogen) atoms. The molecule has 0 saturated heterocycles. The second-order valence-corrected chi connectivity index (χ2v) is 33.9. The first kappa shape index (κ1) is 26.8. The smallest absolute Gasteiger partial charge is 0.196 e. The van der Waals surface area contributed by atoms with Crippen LogP contribution in [0.1, 0.15) is 31.8 Å². The summed E-state index contributed by atoms with van der Waals surface area (Å²) in [5, 5.41) is 4.56. The van der Waals surface area contributed by atoms with E-state index >= 15 is 0 Å². The minimum Gasteiger partial charge on any atom is -0.398 e. The van der Waals surface area contributed by atoms with Gasteiger partial charge in [0.25, 0.3) is 0 Å². The predicted molar refractivity (Wildman–Crippen MR) is 160 cm³/mol. The van der Waals surface area contributed by atoms with Crippen molar-refractivity contribution in [1.82, 2.24) is 0 Å². The van der Waals surface area contributed by atoms with Crippen LogP contribution < -0.4 is 32.2 Å². The molecule has 1 aliphatic rings. The van der Waals surface area contributed by atoms with Crippen LogP contribution in [-0.2, 0) is 0 Å². The summed E-state index contributed by atoms with van der Waals surface area (Å²) in [5.41, 5.74) is 16.5. The monoisotopic (exact) mass is 526 g/mol. The Hall–Kier alpha value is -1.75. The van der Waals surface area contributed by atoms with E-state index in [0.717, 1.165) is 15.6 Å². The van der Waals surface area contributed by atoms with Gasteiger partial charge in [0.15, 0.2) is 11.6 Å². The summed E-state index contributed by atoms with van der Waals surface area (Å²) in [6.45, 7) is 27.1. The number of nitrogens with two attached hydrogens (primary N) is 2. The van der Waals surface area contributed by atoms with Crippen molar-refractivity contribution in [2.24, 2.45) is 0 Å². The van der Waals surface area contributed by atoms with Gasteiger partial charge in [-0.2, -0.15) is 0 Å². The van der Waals surface area contributed by atoms with Crippen LogP contribution in [0.4, 0.5) is 11.4 Å². The number of carbonyl (C=O) groups is 2. The Balaban J connectivity index is 2.57. The molecule has 2 aromatic carbocycles. The number of benzene rings is 2. The molecule has 0 aliphatic heterocycles. The van der Waals surface area contributed by atoms with Crippen molar-refractivity contribution >= 4 is 76.0 Å². The zero-order valence-electron chi connectivity index (χ0n) is 23.1. The van der Waals surface area contributed by atoms with Crippen LogP contribution in [0.15, 0.2) is 12.1 Å². The van der Waals surface area contributed by atoms with E-state index in [1.165, 1.54) is 5.19 Å². The largest absolute Gasteiger partial charge is 0.398 e. The van der Waals surface area contributed by atoms with E-state index in [1.54, 1.807) is 0 Å². The van der Waals surface area contributed by atoms with Crippen molar-refractivity contribution in [3.8, 4) is 0 Å². The van der Waals surface area contributed by atoms with Crippen molar-refractivity contribution in [2.45, 2.75) is 78.6 Å². The third-order valence-electron chi connectivity index (χ3n) is 6.77. The van der Waals surface area contributed by atoms with Gasteiger partial charge >= 0.3 is 0 Å². The highest BCUT2D eigenvalue weighted by Gasteiger charge is 2.44. The summed E-state index contributed by atoms with van der Waals surface area (Å²) in [5.74, 6) is -0.245. The van der Waals surface area contributed by atoms with Crippen molar-refractivity contribution in [3.63, 3.8) is 0 Å². The molecule has 1 aliphatic carbocycles. The molecule has 4 N–H and O–H groups in total. The lowest BCUT2D eigenvalue weighted by molar-refractivity contribution is 0.0981. The van der Waals surface area contributed by atoms with Gasteiger partial charge in [-0.3, -0.25) is 9.59 Å². The second kappa shape index (κ2) is 7.88. The van der Waals surface area contributed by atoms with Gasteiger partial charge < -0.3 is 11.5 Å². The SMILES string of the molecule is C[Si](C)(C)c1ccc2c(c1[Si](C)(C)C)C(=O)c1c(N)c([Si](C)(C)C)c([Si](C)(C)C)c(N)c1C2=O. The number of carbonyl (C=O) groups excluding carboxylic acids is 2. The maximum absolute atomic E-state index is 14.4. The lowest BCUT2D eigenvalue weighted by atomic mass is 9.82. The van der Waals surface area contributed by atoms with Gasteiger partial charge in [-0.05, 0) is 15.6 Å². The van der Waals surface area contributed by atoms with Gasteiger partial charge in [-0.15, -0.1) is 0 Å². The van der Waals surface area contributed by atoms with Gasteiger partial charge in [0, 0.05) is 22.5 Å². The number of fused-ring (bicyclic) bond motifs is 2. The number of ketones is 2. The zero-order valence-corrected chi connectivity index (χ0v) is 27.1. The molecule has 0 atom stereocenters. The van der Waals surface area contributed by atoms with E-state index in [-0.39, 0.29) is 11.6 Å². The van der Waals surface area contributed by atoms with Crippen molar-refractivity contribution in [3.05, 3.63) is 34.4 Å². The Morgan fingerprint density at radius 3 is 1.24 bits per heavy atom. The Kier molecular flexibility index (Phi) is 6.22. The maximum Gasteiger partial charge on any atom is 0.196 e. The molecule has 0 radical (unpaired) electrons. The minimum absolute atomic E-state index is 0.104. The van der Waals surface area contributed by atoms with E-state index in [0.29, 0.717) is 33.6 Å². The van der Waals surface area contributed by atoms with E-state index in [1.807, 2.05) is 6.07 Å². The number of nitrogen functional groups attached to an aromatic ring is 2. The lowest BCUT2D eigenvalue weighted by Gasteiger charge is -2.36. The van der Waals surface area contributed by atoms with Crippen LogP contribution in [0, 0.1) is 0 Å². The van der Waals surface area contributed by atoms with E-state index in [2.05, 4.69) is 84.6 Å². The lowest BCUT2D eigenvalue weighted by Crippen LogP contribution is -2.61. The Morgan fingerprint density at radius 1 is 0.500 bits per heavy atom. The first-order valence-electron chi connectivity index (χ1n) is 12.1. The van der Waals surface area contributed by atoms with Crippen LogP contribution >= 0.6 is 0 Å². The standard InChI is InChI=1S/C26H42N2O2Si4/c1-31(2,3)16-14-13-15-17(24(16)32(4,5)6)23(30)19-18(22(15)29)20(27)25(33(7,8)9)26(21(19)28)34(10,11)12/h13-14H,27-28H2,1-12H3. The fourth-order valence-electron chi connectivity index (χ4n) is 5.51. The van der Waals surface area contributed by atoms with E-state index in [9.17, 15) is 9.59 Å². The van der Waals surface area contributed by atoms with E-state index in [4.69, 9.17) is 11.5 Å². The molecule has 0 bridgehead atoms. The fourth-order valence-corrected chi connectivity index (χ4v) is 17.0. The van der Waals surface area contributed by atoms with Crippen LogP contribution in [0.2, 0.25) is 78.6 Å². The summed E-state index contributed by atoms with van der Waals surface area (Å²) in [6.07, 6.45) is 0. The number of hydrogen-bond acceptors (Lipinski definition) is 4. The normalized spacial score (nSPS) is 14.8. The topological polar surface area (TPSA) is 86.2 Å². The van der Waals surface area contributed by atoms with Crippen molar-refractivity contribution in [2.75, 3.05) is 11.5 Å². The molecule has 0 amide bonds. The third kappa shape index (κ3) is 4.12. The predicted octanol–water partition coefficient (Wildman–Crippen LogP) is 3.81. The Morgan fingerprint density at radius 2 is 0.882 bits per heavy atom. The first-order chi connectivity index (χ1) is 15.1. The van der Waals surface area contributed by atoms with Crippen molar-refractivity contribution in [1.29, 1.82) is 0 Å². The summed E-state index contributed by atoms with van der Waals surface area (Å²) in [4.78, 5) is 28.5. The average molecular weight is 527 g/mol. The molecule has 0 fully saturated rings. The van der Waals surface area contributed by atoms with Crippen molar-refractivity contribution < 1.29 is 9.59 Å². The molecule has 3 rings (SSSR count). The molecular weight excluding hydrogens is 485 g/mol. The molecule has 8 heteroatoms. The fraction of sp³-hybridized carbons (Fsp3) is 0.462. The molecule has 0 spiro atoms. The molecule has 0 saturated carbocycles. The molecule has 0 aromatic heterocycles. The van der Waals surface area contributed by atoms with E-state index < -0.39 is 32.3 Å². The van der Waals surface area contributed by atoms with Gasteiger partial charge in [-0.25, -0.2) is 0 Å². The molecule has 184 valence electrons. The number of anilines is 2. The highest BCUT2D eigenvalue weighted by Crippen LogP contribution is 2.35. The molecule has 0 heterocycles. The molecule has 0 unspecified atom stereocenters. The van der Waals surface area contributed by atoms with Crippen LogP contribution in [0.25, 0.3) is 0 Å². The van der Waals surface area contributed by atoms with Crippen LogP contribution in [0.3, 0.4) is 0 Å². The summed E-state index contributed by atoms with van der Waals surface area (Å²) < 4.78 is 0. The quantitative estimate of drug-likeness (QED) is 0.400. The highest BCUT2D eigenvalue weighted by molar-refractivity contribution is 7.01. The first-order valence-corrected chi connectivity index (χ1v) is 26.1. The van der Waals surface area contributed by atoms with Gasteiger partial charge in [0.1, 0.15) is 0 Å². The maximum atomic E-state index is 14.4. The molecular formula is C26H42N2O2Si4. The summed E-state index contributed by atoms with van der Waals surface area (Å²) in [6, 6.07) is 4.00. The van der Waals surface area contributed by atoms with Gasteiger partial charge in [0.05, 0.1) is 43.4 Å². The Bertz CT molecular complexity index is 1240.